The molecule has 0 atom stereocenters. The summed E-state index contributed by atoms with van der Waals surface area (Å²) in [6.07, 6.45) is 0. The molecule has 20 heavy (non-hydrogen) atoms. The fourth-order valence-corrected chi connectivity index (χ4v) is 4.33. The SMILES string of the molecule is NCC#Cc1ccccc1NC(=O)c1cc(Br)sc1Br. The number of nitrogens with two attached hydrogens (primary N) is 1. The predicted octanol–water partition coefficient (Wildman–Crippen LogP) is 3.84. The molecule has 3 nitrogen and oxygen atoms in total. The third-order valence-corrected chi connectivity index (χ3v) is 4.74. The van der Waals surface area contributed by atoms with Crippen molar-refractivity contribution in [2.45, 2.75) is 0 Å². The number of halogens is 2. The van der Waals surface area contributed by atoms with Crippen LogP contribution in [0.15, 0.2) is 37.9 Å². The van der Waals surface area contributed by atoms with Gasteiger partial charge < -0.3 is 11.1 Å². The molecule has 0 fully saturated rings. The monoisotopic (exact) mass is 412 g/mol. The van der Waals surface area contributed by atoms with Crippen LogP contribution in [-0.4, -0.2) is 12.5 Å². The Labute approximate surface area is 137 Å². The van der Waals surface area contributed by atoms with Crippen molar-refractivity contribution in [3.8, 4) is 11.8 Å². The van der Waals surface area contributed by atoms with Gasteiger partial charge in [-0.1, -0.05) is 24.0 Å². The highest BCUT2D eigenvalue weighted by atomic mass is 79.9. The smallest absolute Gasteiger partial charge is 0.257 e. The van der Waals surface area contributed by atoms with Crippen molar-refractivity contribution in [3.63, 3.8) is 0 Å². The standard InChI is InChI=1S/C14H10Br2N2OS/c15-12-8-10(13(16)20-12)14(19)18-11-6-2-1-4-9(11)5-3-7-17/h1-2,4,6,8H,7,17H2,(H,18,19). The van der Waals surface area contributed by atoms with E-state index in [0.717, 1.165) is 13.1 Å². The number of hydrogen-bond acceptors (Lipinski definition) is 3. The van der Waals surface area contributed by atoms with Crippen molar-refractivity contribution in [3.05, 3.63) is 49.0 Å². The number of carbonyl (C=O) groups excluding carboxylic acids is 1. The molecular formula is C14H10Br2N2OS. The maximum Gasteiger partial charge on any atom is 0.257 e. The zero-order valence-corrected chi connectivity index (χ0v) is 14.2. The molecule has 0 saturated heterocycles. The van der Waals surface area contributed by atoms with Crippen LogP contribution in [0.3, 0.4) is 0 Å². The van der Waals surface area contributed by atoms with Gasteiger partial charge in [0.05, 0.1) is 25.4 Å². The van der Waals surface area contributed by atoms with Gasteiger partial charge in [-0.2, -0.15) is 0 Å². The zero-order valence-electron chi connectivity index (χ0n) is 10.2. The molecule has 1 aromatic heterocycles. The molecule has 0 unspecified atom stereocenters. The van der Waals surface area contributed by atoms with Gasteiger partial charge in [0.2, 0.25) is 0 Å². The Morgan fingerprint density at radius 2 is 2.10 bits per heavy atom. The summed E-state index contributed by atoms with van der Waals surface area (Å²) >= 11 is 8.19. The summed E-state index contributed by atoms with van der Waals surface area (Å²) in [6.45, 7) is 0.283. The minimum Gasteiger partial charge on any atom is -0.321 e. The molecule has 1 aromatic carbocycles. The first kappa shape index (κ1) is 15.3. The zero-order chi connectivity index (χ0) is 14.5. The Kier molecular flexibility index (Phi) is 5.38. The lowest BCUT2D eigenvalue weighted by Gasteiger charge is -2.06. The highest BCUT2D eigenvalue weighted by molar-refractivity contribution is 9.12. The van der Waals surface area contributed by atoms with Crippen LogP contribution in [0.25, 0.3) is 0 Å². The number of nitrogens with one attached hydrogen (secondary N) is 1. The molecule has 0 radical (unpaired) electrons. The molecule has 0 aliphatic heterocycles. The number of anilines is 1. The average Bonchev–Trinajstić information content (AvgIpc) is 2.77. The third-order valence-electron chi connectivity index (χ3n) is 2.40. The Hall–Kier alpha value is -1.13. The van der Waals surface area contributed by atoms with Gasteiger partial charge in [0.25, 0.3) is 5.91 Å². The van der Waals surface area contributed by atoms with Gasteiger partial charge in [-0.15, -0.1) is 11.3 Å². The molecule has 1 heterocycles. The van der Waals surface area contributed by atoms with Crippen LogP contribution in [-0.2, 0) is 0 Å². The van der Waals surface area contributed by atoms with Gasteiger partial charge in [0.1, 0.15) is 0 Å². The summed E-state index contributed by atoms with van der Waals surface area (Å²) in [5.74, 6) is 5.55. The molecule has 2 rings (SSSR count). The van der Waals surface area contributed by atoms with Crippen molar-refractivity contribution < 1.29 is 4.79 Å². The lowest BCUT2D eigenvalue weighted by Crippen LogP contribution is -2.12. The minimum absolute atomic E-state index is 0.180. The van der Waals surface area contributed by atoms with E-state index in [1.807, 2.05) is 24.3 Å². The van der Waals surface area contributed by atoms with E-state index in [0.29, 0.717) is 11.3 Å². The van der Waals surface area contributed by atoms with Crippen molar-refractivity contribution >= 4 is 54.8 Å². The van der Waals surface area contributed by atoms with Gasteiger partial charge >= 0.3 is 0 Å². The van der Waals surface area contributed by atoms with Gasteiger partial charge in [-0.3, -0.25) is 4.79 Å². The summed E-state index contributed by atoms with van der Waals surface area (Å²) in [4.78, 5) is 12.2. The van der Waals surface area contributed by atoms with Crippen LogP contribution in [0.5, 0.6) is 0 Å². The van der Waals surface area contributed by atoms with Gasteiger partial charge in [-0.05, 0) is 50.1 Å². The lowest BCUT2D eigenvalue weighted by molar-refractivity contribution is 0.102. The summed E-state index contributed by atoms with van der Waals surface area (Å²) < 4.78 is 1.68. The van der Waals surface area contributed by atoms with Crippen molar-refractivity contribution in [1.29, 1.82) is 0 Å². The van der Waals surface area contributed by atoms with E-state index in [-0.39, 0.29) is 12.5 Å². The topological polar surface area (TPSA) is 55.1 Å². The molecule has 6 heteroatoms. The summed E-state index contributed by atoms with van der Waals surface area (Å²) in [6, 6.07) is 9.15. The molecule has 0 aliphatic carbocycles. The normalized spacial score (nSPS) is 9.75. The molecule has 2 aromatic rings. The number of thiophene rings is 1. The Morgan fingerprint density at radius 1 is 1.35 bits per heavy atom. The number of para-hydroxylation sites is 1. The Balaban J connectivity index is 2.26. The highest BCUT2D eigenvalue weighted by Gasteiger charge is 2.14. The molecule has 0 spiro atoms. The van der Waals surface area contributed by atoms with E-state index in [2.05, 4.69) is 49.0 Å². The quantitative estimate of drug-likeness (QED) is 0.735. The number of hydrogen-bond donors (Lipinski definition) is 2. The number of rotatable bonds is 2. The van der Waals surface area contributed by atoms with Crippen molar-refractivity contribution in [1.82, 2.24) is 0 Å². The van der Waals surface area contributed by atoms with Crippen molar-refractivity contribution in [2.24, 2.45) is 5.73 Å². The predicted molar refractivity (Wildman–Crippen MR) is 90.0 cm³/mol. The second-order valence-corrected chi connectivity index (χ2v) is 7.49. The summed E-state index contributed by atoms with van der Waals surface area (Å²) in [5.41, 5.74) is 7.38. The van der Waals surface area contributed by atoms with E-state index in [1.54, 1.807) is 6.07 Å². The summed E-state index contributed by atoms with van der Waals surface area (Å²) in [7, 11) is 0. The average molecular weight is 414 g/mol. The van der Waals surface area contributed by atoms with E-state index >= 15 is 0 Å². The van der Waals surface area contributed by atoms with E-state index in [9.17, 15) is 4.79 Å². The largest absolute Gasteiger partial charge is 0.321 e. The van der Waals surface area contributed by atoms with Crippen LogP contribution in [0.4, 0.5) is 5.69 Å². The summed E-state index contributed by atoms with van der Waals surface area (Å²) in [5, 5.41) is 2.86. The molecular weight excluding hydrogens is 404 g/mol. The fraction of sp³-hybridized carbons (Fsp3) is 0.0714. The number of carbonyl (C=O) groups is 1. The third kappa shape index (κ3) is 3.70. The highest BCUT2D eigenvalue weighted by Crippen LogP contribution is 2.32. The van der Waals surface area contributed by atoms with Gasteiger partial charge in [0, 0.05) is 5.56 Å². The maximum atomic E-state index is 12.2. The first-order valence-corrected chi connectivity index (χ1v) is 8.06. The van der Waals surface area contributed by atoms with E-state index in [1.165, 1.54) is 11.3 Å². The van der Waals surface area contributed by atoms with Crippen LogP contribution in [0.1, 0.15) is 15.9 Å². The maximum absolute atomic E-state index is 12.2. The van der Waals surface area contributed by atoms with Gasteiger partial charge in [-0.25, -0.2) is 0 Å². The Morgan fingerprint density at radius 3 is 2.75 bits per heavy atom. The molecule has 102 valence electrons. The Bertz CT molecular complexity index is 701. The van der Waals surface area contributed by atoms with Gasteiger partial charge in [0.15, 0.2) is 0 Å². The number of amides is 1. The van der Waals surface area contributed by atoms with E-state index in [4.69, 9.17) is 5.73 Å². The lowest BCUT2D eigenvalue weighted by atomic mass is 10.1. The van der Waals surface area contributed by atoms with Crippen LogP contribution >= 0.6 is 43.2 Å². The van der Waals surface area contributed by atoms with Crippen LogP contribution in [0.2, 0.25) is 0 Å². The van der Waals surface area contributed by atoms with E-state index < -0.39 is 0 Å². The fourth-order valence-electron chi connectivity index (χ4n) is 1.53. The minimum atomic E-state index is -0.180. The molecule has 0 bridgehead atoms. The molecule has 0 aliphatic rings. The first-order chi connectivity index (χ1) is 9.61. The first-order valence-electron chi connectivity index (χ1n) is 5.66. The number of benzene rings is 1. The molecule has 3 N–H and O–H groups in total. The second kappa shape index (κ2) is 7.04. The molecule has 1 amide bonds. The van der Waals surface area contributed by atoms with Crippen LogP contribution < -0.4 is 11.1 Å². The van der Waals surface area contributed by atoms with Crippen LogP contribution in [0, 0.1) is 11.8 Å². The molecule has 0 saturated carbocycles. The van der Waals surface area contributed by atoms with Crippen molar-refractivity contribution in [2.75, 3.05) is 11.9 Å². The second-order valence-electron chi connectivity index (χ2n) is 3.74.